The highest BCUT2D eigenvalue weighted by molar-refractivity contribution is 9.10. The summed E-state index contributed by atoms with van der Waals surface area (Å²) in [5.74, 6) is 1.24. The minimum atomic E-state index is 0.101. The Morgan fingerprint density at radius 2 is 1.96 bits per heavy atom. The highest BCUT2D eigenvalue weighted by Crippen LogP contribution is 2.34. The van der Waals surface area contributed by atoms with Gasteiger partial charge in [-0.3, -0.25) is 5.43 Å². The van der Waals surface area contributed by atoms with Gasteiger partial charge in [0.2, 0.25) is 0 Å². The minimum absolute atomic E-state index is 0.101. The van der Waals surface area contributed by atoms with Gasteiger partial charge in [0.25, 0.3) is 0 Å². The molecule has 0 fully saturated rings. The summed E-state index contributed by atoms with van der Waals surface area (Å²) < 4.78 is 12.3. The van der Waals surface area contributed by atoms with Crippen molar-refractivity contribution in [3.8, 4) is 11.5 Å². The molecule has 3 aromatic rings. The van der Waals surface area contributed by atoms with Crippen molar-refractivity contribution >= 4 is 50.2 Å². The first-order valence-electron chi connectivity index (χ1n) is 8.14. The van der Waals surface area contributed by atoms with Crippen LogP contribution in [-0.4, -0.2) is 18.4 Å². The van der Waals surface area contributed by atoms with Crippen LogP contribution in [0.4, 0.5) is 0 Å². The van der Waals surface area contributed by atoms with E-state index in [4.69, 9.17) is 27.4 Å². The number of rotatable bonds is 6. The van der Waals surface area contributed by atoms with Gasteiger partial charge in [-0.15, -0.1) is 0 Å². The summed E-state index contributed by atoms with van der Waals surface area (Å²) in [6.45, 7) is 0.431. The Hall–Kier alpha value is -2.64. The third-order valence-electron chi connectivity index (χ3n) is 3.92. The zero-order valence-electron chi connectivity index (χ0n) is 14.6. The second-order valence-corrected chi connectivity index (χ2v) is 6.98. The number of ether oxygens (including phenoxy) is 2. The standard InChI is InChI=1S/C20H18BrN3O2S/c1-25-18-9-15(11-23-24-20(22)27)17(21)10-19(18)26-12-14-7-4-6-13-5-2-3-8-16(13)14/h2-11H,12H2,1H3,(H3,22,24,27)/b23-11-. The predicted octanol–water partition coefficient (Wildman–Crippen LogP) is 4.36. The Balaban J connectivity index is 1.83. The SMILES string of the molecule is COc1cc(/C=N\NC(N)=S)c(Br)cc1OCc1cccc2ccccc12. The largest absolute Gasteiger partial charge is 0.493 e. The van der Waals surface area contributed by atoms with Crippen LogP contribution < -0.4 is 20.6 Å². The Labute approximate surface area is 171 Å². The number of nitrogens with zero attached hydrogens (tertiary/aromatic N) is 1. The van der Waals surface area contributed by atoms with Gasteiger partial charge in [0, 0.05) is 10.0 Å². The monoisotopic (exact) mass is 443 g/mol. The van der Waals surface area contributed by atoms with Gasteiger partial charge < -0.3 is 15.2 Å². The van der Waals surface area contributed by atoms with Crippen molar-refractivity contribution in [2.75, 3.05) is 7.11 Å². The van der Waals surface area contributed by atoms with E-state index in [2.05, 4.69) is 50.7 Å². The molecule has 3 aromatic carbocycles. The molecule has 0 aromatic heterocycles. The van der Waals surface area contributed by atoms with Gasteiger partial charge in [0.05, 0.1) is 13.3 Å². The number of fused-ring (bicyclic) bond motifs is 1. The topological polar surface area (TPSA) is 68.9 Å². The fourth-order valence-corrected chi connectivity index (χ4v) is 3.14. The number of halogens is 1. The molecule has 0 bridgehead atoms. The van der Waals surface area contributed by atoms with Crippen molar-refractivity contribution in [1.29, 1.82) is 0 Å². The number of nitrogens with two attached hydrogens (primary N) is 1. The first kappa shape index (κ1) is 19.1. The molecule has 7 heteroatoms. The number of benzene rings is 3. The number of hydrazone groups is 1. The van der Waals surface area contributed by atoms with Crippen molar-refractivity contribution in [3.63, 3.8) is 0 Å². The van der Waals surface area contributed by atoms with Crippen LogP contribution in [0.5, 0.6) is 11.5 Å². The summed E-state index contributed by atoms with van der Waals surface area (Å²) in [4.78, 5) is 0. The summed E-state index contributed by atoms with van der Waals surface area (Å²) >= 11 is 8.25. The molecule has 0 amide bonds. The molecule has 0 atom stereocenters. The highest BCUT2D eigenvalue weighted by atomic mass is 79.9. The van der Waals surface area contributed by atoms with Crippen molar-refractivity contribution < 1.29 is 9.47 Å². The van der Waals surface area contributed by atoms with Gasteiger partial charge in [-0.1, -0.05) is 42.5 Å². The molecule has 3 rings (SSSR count). The van der Waals surface area contributed by atoms with Crippen LogP contribution in [-0.2, 0) is 6.61 Å². The molecule has 0 spiro atoms. The third kappa shape index (κ3) is 4.75. The zero-order valence-corrected chi connectivity index (χ0v) is 17.0. The van der Waals surface area contributed by atoms with Crippen LogP contribution in [0.15, 0.2) is 64.2 Å². The molecule has 0 aliphatic rings. The molecular formula is C20H18BrN3O2S. The maximum atomic E-state index is 6.04. The second kappa shape index (κ2) is 8.83. The lowest BCUT2D eigenvalue weighted by molar-refractivity contribution is 0.285. The fourth-order valence-electron chi connectivity index (χ4n) is 2.66. The molecule has 0 saturated heterocycles. The number of hydrogen-bond donors (Lipinski definition) is 2. The highest BCUT2D eigenvalue weighted by Gasteiger charge is 2.10. The molecule has 0 unspecified atom stereocenters. The summed E-state index contributed by atoms with van der Waals surface area (Å²) in [6, 6.07) is 18.1. The average Bonchev–Trinajstić information content (AvgIpc) is 2.67. The van der Waals surface area contributed by atoms with E-state index < -0.39 is 0 Å². The van der Waals surface area contributed by atoms with Crippen molar-refractivity contribution in [2.45, 2.75) is 6.61 Å². The molecule has 0 radical (unpaired) electrons. The van der Waals surface area contributed by atoms with Crippen LogP contribution >= 0.6 is 28.1 Å². The lowest BCUT2D eigenvalue weighted by Gasteiger charge is -2.14. The van der Waals surface area contributed by atoms with Gasteiger partial charge in [0.15, 0.2) is 16.6 Å². The van der Waals surface area contributed by atoms with E-state index in [0.717, 1.165) is 15.6 Å². The maximum Gasteiger partial charge on any atom is 0.184 e. The van der Waals surface area contributed by atoms with E-state index in [-0.39, 0.29) is 5.11 Å². The first-order chi connectivity index (χ1) is 13.1. The van der Waals surface area contributed by atoms with Gasteiger partial charge in [-0.25, -0.2) is 0 Å². The summed E-state index contributed by atoms with van der Waals surface area (Å²) in [5, 5.41) is 6.42. The molecule has 0 heterocycles. The lowest BCUT2D eigenvalue weighted by Crippen LogP contribution is -2.24. The average molecular weight is 444 g/mol. The van der Waals surface area contributed by atoms with Crippen LogP contribution in [0.2, 0.25) is 0 Å². The Morgan fingerprint density at radius 1 is 1.19 bits per heavy atom. The summed E-state index contributed by atoms with van der Waals surface area (Å²) in [5.41, 5.74) is 9.79. The molecule has 27 heavy (non-hydrogen) atoms. The fraction of sp³-hybridized carbons (Fsp3) is 0.100. The lowest BCUT2D eigenvalue weighted by atomic mass is 10.1. The van der Waals surface area contributed by atoms with Crippen LogP contribution in [0.25, 0.3) is 10.8 Å². The van der Waals surface area contributed by atoms with E-state index in [1.165, 1.54) is 10.8 Å². The van der Waals surface area contributed by atoms with E-state index in [0.29, 0.717) is 18.1 Å². The van der Waals surface area contributed by atoms with Gasteiger partial charge in [-0.2, -0.15) is 5.10 Å². The van der Waals surface area contributed by atoms with Crippen molar-refractivity contribution in [1.82, 2.24) is 5.43 Å². The maximum absolute atomic E-state index is 6.04. The van der Waals surface area contributed by atoms with Gasteiger partial charge in [-0.05, 0) is 56.6 Å². The number of thiocarbonyl (C=S) groups is 1. The molecule has 3 N–H and O–H groups in total. The predicted molar refractivity (Wildman–Crippen MR) is 116 cm³/mol. The van der Waals surface area contributed by atoms with Crippen molar-refractivity contribution in [3.05, 3.63) is 70.2 Å². The Kier molecular flexibility index (Phi) is 6.26. The normalized spacial score (nSPS) is 10.9. The first-order valence-corrected chi connectivity index (χ1v) is 9.34. The van der Waals surface area contributed by atoms with E-state index in [1.54, 1.807) is 13.3 Å². The van der Waals surface area contributed by atoms with E-state index in [1.807, 2.05) is 30.3 Å². The molecule has 5 nitrogen and oxygen atoms in total. The van der Waals surface area contributed by atoms with Crippen molar-refractivity contribution in [2.24, 2.45) is 10.8 Å². The third-order valence-corrected chi connectivity index (χ3v) is 4.70. The second-order valence-electron chi connectivity index (χ2n) is 5.69. The Bertz CT molecular complexity index is 1000. The zero-order chi connectivity index (χ0) is 19.2. The Morgan fingerprint density at radius 3 is 2.74 bits per heavy atom. The molecule has 0 aliphatic heterocycles. The molecule has 138 valence electrons. The number of nitrogens with one attached hydrogen (secondary N) is 1. The van der Waals surface area contributed by atoms with Crippen LogP contribution in [0, 0.1) is 0 Å². The van der Waals surface area contributed by atoms with Gasteiger partial charge in [0.1, 0.15) is 6.61 Å². The van der Waals surface area contributed by atoms with Gasteiger partial charge >= 0.3 is 0 Å². The number of methoxy groups -OCH3 is 1. The molecular weight excluding hydrogens is 426 g/mol. The van der Waals surface area contributed by atoms with E-state index >= 15 is 0 Å². The smallest absolute Gasteiger partial charge is 0.184 e. The molecule has 0 saturated carbocycles. The summed E-state index contributed by atoms with van der Waals surface area (Å²) in [7, 11) is 1.60. The quantitative estimate of drug-likeness (QED) is 0.336. The number of hydrogen-bond acceptors (Lipinski definition) is 4. The van der Waals surface area contributed by atoms with Crippen LogP contribution in [0.1, 0.15) is 11.1 Å². The molecule has 0 aliphatic carbocycles. The van der Waals surface area contributed by atoms with Crippen LogP contribution in [0.3, 0.4) is 0 Å². The summed E-state index contributed by atoms with van der Waals surface area (Å²) in [6.07, 6.45) is 1.60. The minimum Gasteiger partial charge on any atom is -0.493 e. The van der Waals surface area contributed by atoms with E-state index in [9.17, 15) is 0 Å².